The molecule has 1 aromatic carbocycles. The summed E-state index contributed by atoms with van der Waals surface area (Å²) in [4.78, 5) is 0.350. The highest BCUT2D eigenvalue weighted by molar-refractivity contribution is 7.90. The van der Waals surface area contributed by atoms with Gasteiger partial charge in [0.15, 0.2) is 9.84 Å². The minimum atomic E-state index is -3.13. The Morgan fingerprint density at radius 1 is 1.30 bits per heavy atom. The smallest absolute Gasteiger partial charge is 0.175 e. The van der Waals surface area contributed by atoms with E-state index in [9.17, 15) is 8.42 Å². The first kappa shape index (κ1) is 15.5. The molecule has 0 amide bonds. The van der Waals surface area contributed by atoms with Gasteiger partial charge >= 0.3 is 0 Å². The van der Waals surface area contributed by atoms with Crippen molar-refractivity contribution in [3.05, 3.63) is 29.8 Å². The molecular formula is C15H23NO3S. The van der Waals surface area contributed by atoms with Crippen LogP contribution in [0.2, 0.25) is 0 Å². The van der Waals surface area contributed by atoms with E-state index >= 15 is 0 Å². The monoisotopic (exact) mass is 297 g/mol. The van der Waals surface area contributed by atoms with Crippen LogP contribution in [0, 0.1) is 5.92 Å². The first-order chi connectivity index (χ1) is 9.36. The zero-order valence-corrected chi connectivity index (χ0v) is 13.1. The molecule has 0 radical (unpaired) electrons. The number of benzene rings is 1. The highest BCUT2D eigenvalue weighted by Crippen LogP contribution is 2.23. The van der Waals surface area contributed by atoms with Gasteiger partial charge in [-0.2, -0.15) is 0 Å². The van der Waals surface area contributed by atoms with Gasteiger partial charge < -0.3 is 10.1 Å². The molecule has 20 heavy (non-hydrogen) atoms. The molecule has 2 unspecified atom stereocenters. The normalized spacial score (nSPS) is 24.0. The van der Waals surface area contributed by atoms with Crippen LogP contribution in [0.5, 0.6) is 0 Å². The van der Waals surface area contributed by atoms with Gasteiger partial charge in [-0.05, 0) is 30.0 Å². The summed E-state index contributed by atoms with van der Waals surface area (Å²) in [5.74, 6) is 0.654. The number of hydrogen-bond acceptors (Lipinski definition) is 4. The molecule has 0 bridgehead atoms. The van der Waals surface area contributed by atoms with E-state index in [1.807, 2.05) is 12.1 Å². The Hall–Kier alpha value is -0.910. The van der Waals surface area contributed by atoms with Gasteiger partial charge in [-0.25, -0.2) is 8.42 Å². The van der Waals surface area contributed by atoms with Gasteiger partial charge in [-0.1, -0.05) is 26.0 Å². The van der Waals surface area contributed by atoms with Crippen LogP contribution in [-0.4, -0.2) is 33.9 Å². The molecule has 2 rings (SSSR count). The van der Waals surface area contributed by atoms with Crippen LogP contribution >= 0.6 is 0 Å². The molecule has 1 aromatic rings. The summed E-state index contributed by atoms with van der Waals surface area (Å²) in [5.41, 5.74) is 1.02. The Kier molecular flexibility index (Phi) is 4.83. The van der Waals surface area contributed by atoms with Crippen molar-refractivity contribution in [1.29, 1.82) is 0 Å². The predicted molar refractivity (Wildman–Crippen MR) is 79.5 cm³/mol. The highest BCUT2D eigenvalue weighted by Gasteiger charge is 2.23. The van der Waals surface area contributed by atoms with E-state index in [1.165, 1.54) is 6.26 Å². The van der Waals surface area contributed by atoms with Gasteiger partial charge in [0.05, 0.1) is 17.6 Å². The average Bonchev–Trinajstić information content (AvgIpc) is 2.38. The van der Waals surface area contributed by atoms with Crippen LogP contribution in [0.1, 0.15) is 31.9 Å². The van der Waals surface area contributed by atoms with E-state index in [0.29, 0.717) is 23.5 Å². The number of rotatable bonds is 4. The van der Waals surface area contributed by atoms with Crippen molar-refractivity contribution in [3.8, 4) is 0 Å². The molecule has 1 aliphatic rings. The van der Waals surface area contributed by atoms with E-state index in [2.05, 4.69) is 19.2 Å². The molecule has 0 aromatic heterocycles. The van der Waals surface area contributed by atoms with E-state index < -0.39 is 9.84 Å². The number of morpholine rings is 1. The number of nitrogens with one attached hydrogen (secondary N) is 1. The molecule has 1 aliphatic heterocycles. The second-order valence-electron chi connectivity index (χ2n) is 5.90. The standard InChI is InChI=1S/C15H23NO3S/c1-11(2)8-13-10-19-15(9-16-13)12-4-6-14(7-5-12)20(3,17)18/h4-7,11,13,15-16H,8-10H2,1-3H3. The van der Waals surface area contributed by atoms with E-state index in [0.717, 1.165) is 18.5 Å². The molecular weight excluding hydrogens is 274 g/mol. The third-order valence-corrected chi connectivity index (χ3v) is 4.65. The quantitative estimate of drug-likeness (QED) is 0.925. The molecule has 0 saturated carbocycles. The van der Waals surface area contributed by atoms with Crippen LogP contribution in [0.3, 0.4) is 0 Å². The van der Waals surface area contributed by atoms with Crippen molar-refractivity contribution in [3.63, 3.8) is 0 Å². The molecule has 1 saturated heterocycles. The largest absolute Gasteiger partial charge is 0.371 e. The lowest BCUT2D eigenvalue weighted by Gasteiger charge is -2.31. The number of hydrogen-bond donors (Lipinski definition) is 1. The Morgan fingerprint density at radius 2 is 1.95 bits per heavy atom. The van der Waals surface area contributed by atoms with Gasteiger partial charge in [0, 0.05) is 18.8 Å². The van der Waals surface area contributed by atoms with Crippen molar-refractivity contribution >= 4 is 9.84 Å². The number of ether oxygens (including phenoxy) is 1. The zero-order chi connectivity index (χ0) is 14.8. The second kappa shape index (κ2) is 6.24. The SMILES string of the molecule is CC(C)CC1COC(c2ccc(S(C)(=O)=O)cc2)CN1. The van der Waals surface area contributed by atoms with Crippen LogP contribution in [0.25, 0.3) is 0 Å². The minimum absolute atomic E-state index is 0.00650. The molecule has 5 heteroatoms. The Balaban J connectivity index is 1.97. The lowest BCUT2D eigenvalue weighted by atomic mass is 10.0. The second-order valence-corrected chi connectivity index (χ2v) is 7.91. The Bertz CT molecular complexity index is 529. The topological polar surface area (TPSA) is 55.4 Å². The minimum Gasteiger partial charge on any atom is -0.371 e. The maximum atomic E-state index is 11.4. The molecule has 112 valence electrons. The van der Waals surface area contributed by atoms with Crippen molar-refractivity contribution < 1.29 is 13.2 Å². The lowest BCUT2D eigenvalue weighted by molar-refractivity contribution is -0.00133. The maximum absolute atomic E-state index is 11.4. The Morgan fingerprint density at radius 3 is 2.40 bits per heavy atom. The first-order valence-corrected chi connectivity index (χ1v) is 8.90. The molecule has 0 spiro atoms. The summed E-state index contributed by atoms with van der Waals surface area (Å²) in [6, 6.07) is 7.39. The van der Waals surface area contributed by atoms with Crippen molar-refractivity contribution in [2.24, 2.45) is 5.92 Å². The molecule has 0 aliphatic carbocycles. The van der Waals surface area contributed by atoms with Gasteiger partial charge in [0.1, 0.15) is 0 Å². The van der Waals surface area contributed by atoms with E-state index in [-0.39, 0.29) is 6.10 Å². The fraction of sp³-hybridized carbons (Fsp3) is 0.600. The van der Waals surface area contributed by atoms with Crippen molar-refractivity contribution in [2.75, 3.05) is 19.4 Å². The van der Waals surface area contributed by atoms with Gasteiger partial charge in [-0.3, -0.25) is 0 Å². The molecule has 2 atom stereocenters. The predicted octanol–water partition coefficient (Wildman–Crippen LogP) is 2.17. The van der Waals surface area contributed by atoms with Crippen molar-refractivity contribution in [1.82, 2.24) is 5.32 Å². The summed E-state index contributed by atoms with van der Waals surface area (Å²) in [5, 5.41) is 3.50. The summed E-state index contributed by atoms with van der Waals surface area (Å²) in [6.07, 6.45) is 2.34. The third-order valence-electron chi connectivity index (χ3n) is 3.53. The summed E-state index contributed by atoms with van der Waals surface area (Å²) < 4.78 is 28.7. The van der Waals surface area contributed by atoms with Crippen LogP contribution in [0.15, 0.2) is 29.2 Å². The van der Waals surface area contributed by atoms with Gasteiger partial charge in [-0.15, -0.1) is 0 Å². The van der Waals surface area contributed by atoms with Crippen LogP contribution < -0.4 is 5.32 Å². The molecule has 1 N–H and O–H groups in total. The maximum Gasteiger partial charge on any atom is 0.175 e. The summed E-state index contributed by atoms with van der Waals surface area (Å²) in [6.45, 7) is 5.89. The number of sulfone groups is 1. The van der Waals surface area contributed by atoms with Crippen molar-refractivity contribution in [2.45, 2.75) is 37.3 Å². The lowest BCUT2D eigenvalue weighted by Crippen LogP contribution is -2.43. The Labute approximate surface area is 121 Å². The molecule has 4 nitrogen and oxygen atoms in total. The third kappa shape index (κ3) is 4.04. The summed E-state index contributed by atoms with van der Waals surface area (Å²) >= 11 is 0. The van der Waals surface area contributed by atoms with Crippen LogP contribution in [0.4, 0.5) is 0 Å². The first-order valence-electron chi connectivity index (χ1n) is 7.01. The fourth-order valence-corrected chi connectivity index (χ4v) is 3.12. The fourth-order valence-electron chi connectivity index (χ4n) is 2.49. The zero-order valence-electron chi connectivity index (χ0n) is 12.3. The van der Waals surface area contributed by atoms with Crippen LogP contribution in [-0.2, 0) is 14.6 Å². The average molecular weight is 297 g/mol. The van der Waals surface area contributed by atoms with Gasteiger partial charge in [0.25, 0.3) is 0 Å². The highest BCUT2D eigenvalue weighted by atomic mass is 32.2. The molecule has 1 fully saturated rings. The molecule has 1 heterocycles. The van der Waals surface area contributed by atoms with Gasteiger partial charge in [0.2, 0.25) is 0 Å². The summed E-state index contributed by atoms with van der Waals surface area (Å²) in [7, 11) is -3.13. The van der Waals surface area contributed by atoms with E-state index in [1.54, 1.807) is 12.1 Å². The van der Waals surface area contributed by atoms with E-state index in [4.69, 9.17) is 4.74 Å².